The summed E-state index contributed by atoms with van der Waals surface area (Å²) in [7, 11) is 0. The normalized spacial score (nSPS) is 17.7. The van der Waals surface area contributed by atoms with Gasteiger partial charge in [-0.25, -0.2) is 4.99 Å². The molecule has 1 aliphatic heterocycles. The number of nitrogens with zero attached hydrogens (tertiary/aromatic N) is 3. The molecule has 0 radical (unpaired) electrons. The Morgan fingerprint density at radius 2 is 2.00 bits per heavy atom. The van der Waals surface area contributed by atoms with Gasteiger partial charge < -0.3 is 27.0 Å². The summed E-state index contributed by atoms with van der Waals surface area (Å²) in [5.74, 6) is 0.620. The summed E-state index contributed by atoms with van der Waals surface area (Å²) in [6, 6.07) is 0. The van der Waals surface area contributed by atoms with Gasteiger partial charge in [-0.3, -0.25) is 0 Å². The molecule has 92 valence electrons. The Balaban J connectivity index is 2.41. The second-order valence-corrected chi connectivity index (χ2v) is 3.81. The SMILES string of the molecule is CC(O)C(O)C1=Nc2c(N)nc(N)nc2NC1. The van der Waals surface area contributed by atoms with E-state index in [2.05, 4.69) is 20.3 Å². The molecule has 0 bridgehead atoms. The van der Waals surface area contributed by atoms with Crippen LogP contribution in [0.15, 0.2) is 4.99 Å². The smallest absolute Gasteiger partial charge is 0.224 e. The number of nitrogens with two attached hydrogens (primary N) is 2. The van der Waals surface area contributed by atoms with Crippen LogP contribution in [0.5, 0.6) is 0 Å². The van der Waals surface area contributed by atoms with Crippen molar-refractivity contribution in [1.82, 2.24) is 9.97 Å². The van der Waals surface area contributed by atoms with Crippen LogP contribution in [0.3, 0.4) is 0 Å². The van der Waals surface area contributed by atoms with Crippen molar-refractivity contribution in [3.63, 3.8) is 0 Å². The second kappa shape index (κ2) is 4.15. The van der Waals surface area contributed by atoms with Crippen LogP contribution in [0.4, 0.5) is 23.3 Å². The number of aliphatic hydroxyl groups excluding tert-OH is 2. The van der Waals surface area contributed by atoms with Crippen molar-refractivity contribution in [3.8, 4) is 0 Å². The van der Waals surface area contributed by atoms with Crippen LogP contribution in [0.25, 0.3) is 0 Å². The maximum absolute atomic E-state index is 9.70. The maximum Gasteiger partial charge on any atom is 0.224 e. The van der Waals surface area contributed by atoms with Crippen molar-refractivity contribution in [2.24, 2.45) is 4.99 Å². The molecule has 1 aromatic rings. The third-order valence-corrected chi connectivity index (χ3v) is 2.42. The van der Waals surface area contributed by atoms with Crippen LogP contribution >= 0.6 is 0 Å². The van der Waals surface area contributed by atoms with E-state index in [1.54, 1.807) is 0 Å². The van der Waals surface area contributed by atoms with E-state index in [1.165, 1.54) is 6.92 Å². The average molecular weight is 238 g/mol. The van der Waals surface area contributed by atoms with Crippen LogP contribution < -0.4 is 16.8 Å². The van der Waals surface area contributed by atoms with Gasteiger partial charge in [-0.05, 0) is 6.92 Å². The van der Waals surface area contributed by atoms with Gasteiger partial charge in [0.25, 0.3) is 0 Å². The lowest BCUT2D eigenvalue weighted by molar-refractivity contribution is 0.0731. The molecule has 0 amide bonds. The molecule has 0 aliphatic carbocycles. The topological polar surface area (TPSA) is 143 Å². The van der Waals surface area contributed by atoms with Crippen LogP contribution in [0, 0.1) is 0 Å². The van der Waals surface area contributed by atoms with Gasteiger partial charge in [-0.15, -0.1) is 0 Å². The Morgan fingerprint density at radius 3 is 2.65 bits per heavy atom. The van der Waals surface area contributed by atoms with Crippen molar-refractivity contribution in [2.75, 3.05) is 23.3 Å². The van der Waals surface area contributed by atoms with Crippen molar-refractivity contribution >= 4 is 29.0 Å². The minimum atomic E-state index is -1.05. The Morgan fingerprint density at radius 1 is 1.29 bits per heavy atom. The molecule has 1 aliphatic rings. The first-order chi connectivity index (χ1) is 7.99. The number of aliphatic hydroxyl groups is 2. The first-order valence-corrected chi connectivity index (χ1v) is 5.09. The molecule has 7 N–H and O–H groups in total. The van der Waals surface area contributed by atoms with E-state index >= 15 is 0 Å². The molecule has 8 nitrogen and oxygen atoms in total. The minimum absolute atomic E-state index is 0.0588. The Kier molecular flexibility index (Phi) is 2.82. The summed E-state index contributed by atoms with van der Waals surface area (Å²) in [4.78, 5) is 11.9. The zero-order valence-corrected chi connectivity index (χ0v) is 9.25. The fourth-order valence-corrected chi connectivity index (χ4v) is 1.53. The maximum atomic E-state index is 9.70. The van der Waals surface area contributed by atoms with Gasteiger partial charge in [0.1, 0.15) is 11.8 Å². The predicted molar refractivity (Wildman–Crippen MR) is 64.1 cm³/mol. The summed E-state index contributed by atoms with van der Waals surface area (Å²) >= 11 is 0. The lowest BCUT2D eigenvalue weighted by Gasteiger charge is -2.22. The highest BCUT2D eigenvalue weighted by atomic mass is 16.3. The van der Waals surface area contributed by atoms with Gasteiger partial charge in [-0.2, -0.15) is 9.97 Å². The first-order valence-electron chi connectivity index (χ1n) is 5.09. The lowest BCUT2D eigenvalue weighted by atomic mass is 10.1. The van der Waals surface area contributed by atoms with Gasteiger partial charge in [0.05, 0.1) is 18.4 Å². The monoisotopic (exact) mass is 238 g/mol. The molecule has 1 aromatic heterocycles. The van der Waals surface area contributed by atoms with Gasteiger partial charge >= 0.3 is 0 Å². The molecule has 0 saturated carbocycles. The number of fused-ring (bicyclic) bond motifs is 1. The zero-order chi connectivity index (χ0) is 12.6. The fraction of sp³-hybridized carbons (Fsp3) is 0.444. The number of hydrogen-bond donors (Lipinski definition) is 5. The van der Waals surface area contributed by atoms with Gasteiger partial charge in [0, 0.05) is 0 Å². The molecule has 0 fully saturated rings. The Hall–Kier alpha value is -1.93. The number of anilines is 3. The van der Waals surface area contributed by atoms with Crippen molar-refractivity contribution in [3.05, 3.63) is 0 Å². The number of aromatic nitrogens is 2. The van der Waals surface area contributed by atoms with E-state index in [4.69, 9.17) is 11.5 Å². The molecule has 2 unspecified atom stereocenters. The quantitative estimate of drug-likeness (QED) is 0.439. The molecule has 0 saturated heterocycles. The number of hydrogen-bond acceptors (Lipinski definition) is 8. The van der Waals surface area contributed by atoms with E-state index < -0.39 is 12.2 Å². The van der Waals surface area contributed by atoms with Crippen molar-refractivity contribution in [2.45, 2.75) is 19.1 Å². The number of nitrogens with one attached hydrogen (secondary N) is 1. The molecule has 2 rings (SSSR count). The van der Waals surface area contributed by atoms with Crippen LogP contribution in [0.1, 0.15) is 6.92 Å². The van der Waals surface area contributed by atoms with Gasteiger partial charge in [0.2, 0.25) is 5.95 Å². The summed E-state index contributed by atoms with van der Waals surface area (Å²) < 4.78 is 0. The third-order valence-electron chi connectivity index (χ3n) is 2.42. The lowest BCUT2D eigenvalue weighted by Crippen LogP contribution is -2.37. The van der Waals surface area contributed by atoms with Crippen molar-refractivity contribution in [1.29, 1.82) is 0 Å². The fourth-order valence-electron chi connectivity index (χ4n) is 1.53. The van der Waals surface area contributed by atoms with E-state index in [9.17, 15) is 10.2 Å². The molecule has 2 atom stereocenters. The zero-order valence-electron chi connectivity index (χ0n) is 9.25. The second-order valence-electron chi connectivity index (χ2n) is 3.81. The van der Waals surface area contributed by atoms with Gasteiger partial charge in [0.15, 0.2) is 11.6 Å². The minimum Gasteiger partial charge on any atom is -0.390 e. The highest BCUT2D eigenvalue weighted by molar-refractivity contribution is 5.99. The standard InChI is InChI=1S/C9H14N6O2/c1-3(16)6(17)4-2-12-8-5(13-4)7(10)14-9(11)15-8/h3,6,16-17H,2H2,1H3,(H5,10,11,12,14,15). The molecule has 0 spiro atoms. The van der Waals surface area contributed by atoms with Gasteiger partial charge in [-0.1, -0.05) is 0 Å². The van der Waals surface area contributed by atoms with Crippen LogP contribution in [-0.2, 0) is 0 Å². The summed E-state index contributed by atoms with van der Waals surface area (Å²) in [6.45, 7) is 1.75. The number of rotatable bonds is 2. The third kappa shape index (κ3) is 2.12. The number of aliphatic imine (C=N–C) groups is 1. The Bertz CT molecular complexity index is 473. The first kappa shape index (κ1) is 11.6. The largest absolute Gasteiger partial charge is 0.390 e. The average Bonchev–Trinajstić information content (AvgIpc) is 2.27. The Labute approximate surface area is 97.4 Å². The molecule has 2 heterocycles. The van der Waals surface area contributed by atoms with Crippen molar-refractivity contribution < 1.29 is 10.2 Å². The van der Waals surface area contributed by atoms with Crippen LogP contribution in [0.2, 0.25) is 0 Å². The predicted octanol–water partition coefficient (Wildman–Crippen LogP) is -1.12. The molecular formula is C9H14N6O2. The van der Waals surface area contributed by atoms with E-state index in [-0.39, 0.29) is 18.3 Å². The van der Waals surface area contributed by atoms with E-state index in [0.29, 0.717) is 17.2 Å². The molecule has 17 heavy (non-hydrogen) atoms. The molecule has 8 heteroatoms. The highest BCUT2D eigenvalue weighted by Gasteiger charge is 2.24. The molecular weight excluding hydrogens is 224 g/mol. The summed E-state index contributed by atoms with van der Waals surface area (Å²) in [5, 5.41) is 21.9. The van der Waals surface area contributed by atoms with E-state index in [1.807, 2.05) is 0 Å². The molecule has 0 aromatic carbocycles. The number of nitrogen functional groups attached to an aromatic ring is 2. The summed E-state index contributed by atoms with van der Waals surface area (Å²) in [6.07, 6.45) is -1.96. The summed E-state index contributed by atoms with van der Waals surface area (Å²) in [5.41, 5.74) is 11.8. The van der Waals surface area contributed by atoms with Crippen LogP contribution in [-0.4, -0.2) is 44.6 Å². The van der Waals surface area contributed by atoms with E-state index in [0.717, 1.165) is 0 Å². The highest BCUT2D eigenvalue weighted by Crippen LogP contribution is 2.32.